The number of hydrogen-bond donors (Lipinski definition) is 3. The summed E-state index contributed by atoms with van der Waals surface area (Å²) in [5, 5.41) is 21.2. The van der Waals surface area contributed by atoms with Crippen LogP contribution in [0.15, 0.2) is 36.5 Å². The Hall–Kier alpha value is -1.43. The highest BCUT2D eigenvalue weighted by molar-refractivity contribution is 5.87. The zero-order valence-corrected chi connectivity index (χ0v) is 14.0. The molecule has 0 aliphatic rings. The zero-order valence-electron chi connectivity index (χ0n) is 14.0. The number of aliphatic hydroxyl groups excluding tert-OH is 1. The maximum Gasteiger partial charge on any atom is 0.243 e. The second-order valence-electron chi connectivity index (χ2n) is 5.79. The summed E-state index contributed by atoms with van der Waals surface area (Å²) in [4.78, 5) is 11.5. The third-order valence-corrected chi connectivity index (χ3v) is 2.71. The van der Waals surface area contributed by atoms with Gasteiger partial charge in [0, 0.05) is 13.7 Å². The molecule has 0 aromatic carbocycles. The number of amides is 1. The van der Waals surface area contributed by atoms with Crippen molar-refractivity contribution >= 4 is 5.91 Å². The molecule has 3 N–H and O–H groups in total. The van der Waals surface area contributed by atoms with Crippen LogP contribution in [-0.2, 0) is 9.53 Å². The first-order valence-electron chi connectivity index (χ1n) is 7.47. The van der Waals surface area contributed by atoms with E-state index in [1.807, 2.05) is 12.2 Å². The Balaban J connectivity index is 4.04. The number of nitrogens with one attached hydrogen (secondary N) is 1. The van der Waals surface area contributed by atoms with Gasteiger partial charge in [-0.15, -0.1) is 0 Å². The molecule has 0 aliphatic carbocycles. The lowest BCUT2D eigenvalue weighted by Crippen LogP contribution is -2.37. The second-order valence-corrected chi connectivity index (χ2v) is 5.79. The summed E-state index contributed by atoms with van der Waals surface area (Å²) in [6.07, 6.45) is 11.4. The topological polar surface area (TPSA) is 78.8 Å². The highest BCUT2D eigenvalue weighted by atomic mass is 16.5. The van der Waals surface area contributed by atoms with Crippen molar-refractivity contribution in [3.8, 4) is 0 Å². The van der Waals surface area contributed by atoms with Crippen molar-refractivity contribution in [2.75, 3.05) is 13.7 Å². The molecule has 0 aromatic rings. The molecule has 1 amide bonds. The minimum Gasteiger partial charge on any atom is -0.389 e. The van der Waals surface area contributed by atoms with E-state index in [4.69, 9.17) is 9.84 Å². The average molecular weight is 311 g/mol. The molecule has 0 bridgehead atoms. The lowest BCUT2D eigenvalue weighted by molar-refractivity contribution is -0.117. The summed E-state index contributed by atoms with van der Waals surface area (Å²) < 4.78 is 5.31. The van der Waals surface area contributed by atoms with Gasteiger partial charge >= 0.3 is 0 Å². The van der Waals surface area contributed by atoms with E-state index < -0.39 is 11.7 Å². The van der Waals surface area contributed by atoms with Crippen LogP contribution in [0.3, 0.4) is 0 Å². The summed E-state index contributed by atoms with van der Waals surface area (Å²) >= 11 is 0. The largest absolute Gasteiger partial charge is 0.389 e. The smallest absolute Gasteiger partial charge is 0.243 e. The van der Waals surface area contributed by atoms with Gasteiger partial charge in [0.15, 0.2) is 0 Å². The van der Waals surface area contributed by atoms with Crippen molar-refractivity contribution in [1.82, 2.24) is 5.32 Å². The fourth-order valence-electron chi connectivity index (χ4n) is 1.52. The summed E-state index contributed by atoms with van der Waals surface area (Å²) in [7, 11) is 1.63. The van der Waals surface area contributed by atoms with Crippen molar-refractivity contribution in [2.24, 2.45) is 0 Å². The molecule has 0 heterocycles. The monoisotopic (exact) mass is 311 g/mol. The first kappa shape index (κ1) is 20.6. The summed E-state index contributed by atoms with van der Waals surface area (Å²) in [5.74, 6) is -0.216. The van der Waals surface area contributed by atoms with Gasteiger partial charge in [0.25, 0.3) is 0 Å². The number of carbonyl (C=O) groups excluding carboxylic acids is 1. The molecule has 2 unspecified atom stereocenters. The molecule has 0 radical (unpaired) electrons. The van der Waals surface area contributed by atoms with Crippen LogP contribution in [0.25, 0.3) is 0 Å². The maximum absolute atomic E-state index is 11.5. The highest BCUT2D eigenvalue weighted by Gasteiger charge is 2.12. The van der Waals surface area contributed by atoms with E-state index >= 15 is 0 Å². The predicted molar refractivity (Wildman–Crippen MR) is 88.4 cm³/mol. The van der Waals surface area contributed by atoms with E-state index in [1.165, 1.54) is 6.08 Å². The van der Waals surface area contributed by atoms with Gasteiger partial charge in [-0.2, -0.15) is 0 Å². The lowest BCUT2D eigenvalue weighted by atomic mass is 10.1. The van der Waals surface area contributed by atoms with Gasteiger partial charge in [-0.3, -0.25) is 4.79 Å². The van der Waals surface area contributed by atoms with Gasteiger partial charge in [-0.25, -0.2) is 0 Å². The van der Waals surface area contributed by atoms with E-state index in [2.05, 4.69) is 5.32 Å². The highest BCUT2D eigenvalue weighted by Crippen LogP contribution is 2.04. The number of rotatable bonds is 10. The first-order chi connectivity index (χ1) is 10.2. The third kappa shape index (κ3) is 13.5. The number of hydrogen-bond acceptors (Lipinski definition) is 4. The Kier molecular flexibility index (Phi) is 10.5. The molecule has 0 rings (SSSR count). The molecule has 0 saturated carbocycles. The molecule has 5 nitrogen and oxygen atoms in total. The van der Waals surface area contributed by atoms with Crippen LogP contribution in [0.2, 0.25) is 0 Å². The lowest BCUT2D eigenvalue weighted by Gasteiger charge is -2.16. The van der Waals surface area contributed by atoms with Gasteiger partial charge < -0.3 is 20.3 Å². The first-order valence-corrected chi connectivity index (χ1v) is 7.47. The Labute approximate surface area is 133 Å². The van der Waals surface area contributed by atoms with Crippen molar-refractivity contribution in [1.29, 1.82) is 0 Å². The van der Waals surface area contributed by atoms with Crippen molar-refractivity contribution < 1.29 is 19.7 Å². The summed E-state index contributed by atoms with van der Waals surface area (Å²) in [6, 6.07) is 0. The van der Waals surface area contributed by atoms with E-state index in [0.29, 0.717) is 6.42 Å². The fourth-order valence-corrected chi connectivity index (χ4v) is 1.52. The maximum atomic E-state index is 11.5. The zero-order chi connectivity index (χ0) is 17.0. The minimum atomic E-state index is -0.908. The minimum absolute atomic E-state index is 0.0391. The molecule has 2 atom stereocenters. The molecule has 0 aromatic heterocycles. The van der Waals surface area contributed by atoms with Crippen LogP contribution in [0.5, 0.6) is 0 Å². The van der Waals surface area contributed by atoms with Gasteiger partial charge in [0.1, 0.15) is 0 Å². The van der Waals surface area contributed by atoms with Gasteiger partial charge in [0.05, 0.1) is 17.8 Å². The summed E-state index contributed by atoms with van der Waals surface area (Å²) in [5.41, 5.74) is -0.908. The quantitative estimate of drug-likeness (QED) is 0.424. The van der Waals surface area contributed by atoms with Crippen molar-refractivity contribution in [3.05, 3.63) is 36.5 Å². The standard InChI is InChI=1S/C17H29NO4/c1-14(19)9-5-6-10-15(22-4)11-7-8-12-16(20)18-13-17(2,3)21/h5-6,8-10,12,14-15,19,21H,7,11,13H2,1-4H3,(H,18,20)/b9-5+,10-6+,12-8+. The Morgan fingerprint density at radius 1 is 1.32 bits per heavy atom. The molecule has 0 aliphatic heterocycles. The Morgan fingerprint density at radius 3 is 2.50 bits per heavy atom. The van der Waals surface area contributed by atoms with E-state index in [0.717, 1.165) is 6.42 Å². The SMILES string of the molecule is COC(/C=C/C=C/C(C)O)CC/C=C/C(=O)NCC(C)(C)O. The number of methoxy groups -OCH3 is 1. The van der Waals surface area contributed by atoms with E-state index in [9.17, 15) is 9.90 Å². The Bertz CT molecular complexity index is 392. The van der Waals surface area contributed by atoms with Crippen molar-refractivity contribution in [3.63, 3.8) is 0 Å². The van der Waals surface area contributed by atoms with Crippen LogP contribution in [0.4, 0.5) is 0 Å². The number of carbonyl (C=O) groups is 1. The summed E-state index contributed by atoms with van der Waals surface area (Å²) in [6.45, 7) is 5.18. The van der Waals surface area contributed by atoms with Crippen LogP contribution in [-0.4, -0.2) is 47.6 Å². The molecule has 126 valence electrons. The number of allylic oxidation sites excluding steroid dienone is 3. The van der Waals surface area contributed by atoms with Crippen LogP contribution in [0.1, 0.15) is 33.6 Å². The fraction of sp³-hybridized carbons (Fsp3) is 0.588. The second kappa shape index (κ2) is 11.2. The predicted octanol–water partition coefficient (Wildman–Crippen LogP) is 1.72. The molecule has 22 heavy (non-hydrogen) atoms. The van der Waals surface area contributed by atoms with Crippen LogP contribution >= 0.6 is 0 Å². The molecule has 5 heteroatoms. The number of aliphatic hydroxyl groups is 2. The van der Waals surface area contributed by atoms with Crippen LogP contribution < -0.4 is 5.32 Å². The third-order valence-electron chi connectivity index (χ3n) is 2.71. The Morgan fingerprint density at radius 2 is 1.95 bits per heavy atom. The van der Waals surface area contributed by atoms with E-state index in [1.54, 1.807) is 46.1 Å². The molecule has 0 saturated heterocycles. The van der Waals surface area contributed by atoms with Gasteiger partial charge in [-0.05, 0) is 39.7 Å². The molecular weight excluding hydrogens is 282 g/mol. The molecule has 0 spiro atoms. The normalized spacial score (nSPS) is 15.7. The molecular formula is C17H29NO4. The van der Waals surface area contributed by atoms with Gasteiger partial charge in [0.2, 0.25) is 5.91 Å². The van der Waals surface area contributed by atoms with Gasteiger partial charge in [-0.1, -0.05) is 30.4 Å². The van der Waals surface area contributed by atoms with Crippen LogP contribution in [0, 0.1) is 0 Å². The molecule has 0 fully saturated rings. The number of ether oxygens (including phenoxy) is 1. The van der Waals surface area contributed by atoms with E-state index in [-0.39, 0.29) is 18.6 Å². The average Bonchev–Trinajstić information content (AvgIpc) is 2.42. The van der Waals surface area contributed by atoms with Crippen molar-refractivity contribution in [2.45, 2.75) is 51.4 Å².